The molecule has 25 heavy (non-hydrogen) atoms. The smallest absolute Gasteiger partial charge is 0.224 e. The number of aryl methyl sites for hydroxylation is 1. The predicted octanol–water partition coefficient (Wildman–Crippen LogP) is 3.74. The van der Waals surface area contributed by atoms with E-state index in [1.54, 1.807) is 0 Å². The van der Waals surface area contributed by atoms with Crippen molar-refractivity contribution in [3.05, 3.63) is 52.8 Å². The predicted molar refractivity (Wildman–Crippen MR) is 100 cm³/mol. The minimum absolute atomic E-state index is 0.0696. The van der Waals surface area contributed by atoms with Gasteiger partial charge >= 0.3 is 0 Å². The lowest BCUT2D eigenvalue weighted by Gasteiger charge is -2.09. The van der Waals surface area contributed by atoms with Crippen molar-refractivity contribution in [2.24, 2.45) is 0 Å². The number of carbonyl (C=O) groups is 1. The van der Waals surface area contributed by atoms with Gasteiger partial charge < -0.3 is 14.6 Å². The Hall–Kier alpha value is -2.23. The summed E-state index contributed by atoms with van der Waals surface area (Å²) in [5, 5.41) is 3.04. The molecule has 1 aliphatic carbocycles. The molecule has 0 aliphatic heterocycles. The molecule has 1 fully saturated rings. The van der Waals surface area contributed by atoms with Gasteiger partial charge in [-0.15, -0.1) is 0 Å². The summed E-state index contributed by atoms with van der Waals surface area (Å²) in [5.41, 5.74) is 5.06. The van der Waals surface area contributed by atoms with Crippen molar-refractivity contribution in [3.8, 4) is 5.75 Å². The average Bonchev–Trinajstić information content (AvgIpc) is 3.36. The fraction of sp³-hybridized carbons (Fsp3) is 0.476. The van der Waals surface area contributed by atoms with E-state index in [4.69, 9.17) is 4.74 Å². The average molecular weight is 340 g/mol. The van der Waals surface area contributed by atoms with Gasteiger partial charge in [0.05, 0.1) is 13.0 Å². The first-order valence-electron chi connectivity index (χ1n) is 9.24. The maximum atomic E-state index is 12.1. The number of aromatic nitrogens is 1. The first-order chi connectivity index (χ1) is 12.1. The minimum atomic E-state index is 0.0696. The Labute approximate surface area is 150 Å². The summed E-state index contributed by atoms with van der Waals surface area (Å²) in [6.07, 6.45) is 3.90. The van der Waals surface area contributed by atoms with E-state index in [2.05, 4.69) is 29.8 Å². The van der Waals surface area contributed by atoms with Gasteiger partial charge in [-0.05, 0) is 69.4 Å². The van der Waals surface area contributed by atoms with Crippen molar-refractivity contribution in [2.45, 2.75) is 52.5 Å². The molecule has 3 rings (SSSR count). The summed E-state index contributed by atoms with van der Waals surface area (Å²) < 4.78 is 7.88. The van der Waals surface area contributed by atoms with Gasteiger partial charge in [0.2, 0.25) is 5.91 Å². The number of nitrogens with one attached hydrogen (secondary N) is 1. The number of rotatable bonds is 8. The summed E-state index contributed by atoms with van der Waals surface area (Å²) in [7, 11) is 0. The van der Waals surface area contributed by atoms with Gasteiger partial charge in [-0.3, -0.25) is 4.79 Å². The highest BCUT2D eigenvalue weighted by atomic mass is 16.5. The molecule has 1 aliphatic rings. The van der Waals surface area contributed by atoms with Crippen LogP contribution in [0, 0.1) is 13.8 Å². The molecule has 1 N–H and O–H groups in total. The highest BCUT2D eigenvalue weighted by molar-refractivity contribution is 5.78. The van der Waals surface area contributed by atoms with E-state index in [1.165, 1.54) is 29.8 Å². The Morgan fingerprint density at radius 2 is 1.96 bits per heavy atom. The van der Waals surface area contributed by atoms with Gasteiger partial charge in [-0.2, -0.15) is 0 Å². The van der Waals surface area contributed by atoms with Crippen LogP contribution < -0.4 is 10.1 Å². The monoisotopic (exact) mass is 340 g/mol. The number of hydrogen-bond acceptors (Lipinski definition) is 2. The molecule has 0 saturated heterocycles. The molecule has 0 bridgehead atoms. The number of nitrogens with zero attached hydrogens (tertiary/aromatic N) is 1. The minimum Gasteiger partial charge on any atom is -0.494 e. The SMILES string of the molecule is CCOc1ccc(CC(=O)NCCc2cc(C)n(C3CC3)c2C)cc1. The Bertz CT molecular complexity index is 727. The molecule has 0 atom stereocenters. The Morgan fingerprint density at radius 1 is 1.24 bits per heavy atom. The lowest BCUT2D eigenvalue weighted by molar-refractivity contribution is -0.120. The fourth-order valence-electron chi connectivity index (χ4n) is 3.45. The van der Waals surface area contributed by atoms with E-state index in [1.807, 2.05) is 31.2 Å². The molecule has 1 aromatic heterocycles. The quantitative estimate of drug-likeness (QED) is 0.795. The fourth-order valence-corrected chi connectivity index (χ4v) is 3.45. The number of amides is 1. The summed E-state index contributed by atoms with van der Waals surface area (Å²) in [6.45, 7) is 7.68. The van der Waals surface area contributed by atoms with Gasteiger partial charge in [-0.1, -0.05) is 12.1 Å². The topological polar surface area (TPSA) is 43.3 Å². The van der Waals surface area contributed by atoms with Crippen molar-refractivity contribution in [3.63, 3.8) is 0 Å². The molecule has 1 saturated carbocycles. The second-order valence-electron chi connectivity index (χ2n) is 6.85. The summed E-state index contributed by atoms with van der Waals surface area (Å²) >= 11 is 0. The van der Waals surface area contributed by atoms with Crippen LogP contribution in [-0.4, -0.2) is 23.6 Å². The van der Waals surface area contributed by atoms with Crippen LogP contribution in [0.5, 0.6) is 5.75 Å². The van der Waals surface area contributed by atoms with Crippen LogP contribution >= 0.6 is 0 Å². The summed E-state index contributed by atoms with van der Waals surface area (Å²) in [6, 6.07) is 10.7. The first kappa shape index (κ1) is 17.6. The van der Waals surface area contributed by atoms with Crippen LogP contribution in [0.3, 0.4) is 0 Å². The van der Waals surface area contributed by atoms with Gasteiger partial charge in [0, 0.05) is 24.0 Å². The highest BCUT2D eigenvalue weighted by Gasteiger charge is 2.26. The molecule has 1 amide bonds. The van der Waals surface area contributed by atoms with Crippen molar-refractivity contribution in [1.82, 2.24) is 9.88 Å². The summed E-state index contributed by atoms with van der Waals surface area (Å²) in [5.74, 6) is 0.915. The number of ether oxygens (including phenoxy) is 1. The van der Waals surface area contributed by atoms with E-state index in [0.717, 1.165) is 17.7 Å². The highest BCUT2D eigenvalue weighted by Crippen LogP contribution is 2.38. The largest absolute Gasteiger partial charge is 0.494 e. The molecule has 1 aromatic carbocycles. The standard InChI is InChI=1S/C21H28N2O2/c1-4-25-20-9-5-17(6-10-20)14-21(24)22-12-11-18-13-15(2)23(16(18)3)19-7-8-19/h5-6,9-10,13,19H,4,7-8,11-12,14H2,1-3H3,(H,22,24). The second-order valence-corrected chi connectivity index (χ2v) is 6.85. The lowest BCUT2D eigenvalue weighted by atomic mass is 10.1. The Balaban J connectivity index is 1.47. The molecule has 2 aromatic rings. The third-order valence-corrected chi connectivity index (χ3v) is 4.82. The second kappa shape index (κ2) is 7.77. The van der Waals surface area contributed by atoms with E-state index < -0.39 is 0 Å². The molecule has 0 unspecified atom stereocenters. The first-order valence-corrected chi connectivity index (χ1v) is 9.24. The van der Waals surface area contributed by atoms with E-state index >= 15 is 0 Å². The number of carbonyl (C=O) groups excluding carboxylic acids is 1. The zero-order valence-corrected chi connectivity index (χ0v) is 15.5. The van der Waals surface area contributed by atoms with Crippen LogP contribution in [0.4, 0.5) is 0 Å². The van der Waals surface area contributed by atoms with E-state index in [9.17, 15) is 4.79 Å². The van der Waals surface area contributed by atoms with Crippen molar-refractivity contribution >= 4 is 5.91 Å². The number of benzene rings is 1. The third-order valence-electron chi connectivity index (χ3n) is 4.82. The molecular formula is C21H28N2O2. The maximum absolute atomic E-state index is 12.1. The molecule has 4 nitrogen and oxygen atoms in total. The van der Waals surface area contributed by atoms with Gasteiger partial charge in [0.1, 0.15) is 5.75 Å². The molecular weight excluding hydrogens is 312 g/mol. The Morgan fingerprint density at radius 3 is 2.60 bits per heavy atom. The van der Waals surface area contributed by atoms with Crippen LogP contribution in [0.1, 0.15) is 48.3 Å². The number of hydrogen-bond donors (Lipinski definition) is 1. The van der Waals surface area contributed by atoms with Crippen molar-refractivity contribution < 1.29 is 9.53 Å². The summed E-state index contributed by atoms with van der Waals surface area (Å²) in [4.78, 5) is 12.1. The van der Waals surface area contributed by atoms with Crippen molar-refractivity contribution in [2.75, 3.05) is 13.2 Å². The third kappa shape index (κ3) is 4.44. The maximum Gasteiger partial charge on any atom is 0.224 e. The normalized spacial score (nSPS) is 13.7. The van der Waals surface area contributed by atoms with Gasteiger partial charge in [-0.25, -0.2) is 0 Å². The molecule has 0 radical (unpaired) electrons. The van der Waals surface area contributed by atoms with Gasteiger partial charge in [0.15, 0.2) is 0 Å². The molecule has 0 spiro atoms. The zero-order chi connectivity index (χ0) is 17.8. The molecule has 4 heteroatoms. The van der Waals surface area contributed by atoms with Crippen LogP contribution in [0.15, 0.2) is 30.3 Å². The van der Waals surface area contributed by atoms with Gasteiger partial charge in [0.25, 0.3) is 0 Å². The molecule has 1 heterocycles. The Kier molecular flexibility index (Phi) is 5.47. The van der Waals surface area contributed by atoms with Crippen LogP contribution in [-0.2, 0) is 17.6 Å². The lowest BCUT2D eigenvalue weighted by Crippen LogP contribution is -2.27. The van der Waals surface area contributed by atoms with E-state index in [0.29, 0.717) is 25.6 Å². The van der Waals surface area contributed by atoms with Crippen LogP contribution in [0.25, 0.3) is 0 Å². The molecule has 134 valence electrons. The van der Waals surface area contributed by atoms with Crippen molar-refractivity contribution in [1.29, 1.82) is 0 Å². The van der Waals surface area contributed by atoms with Crippen LogP contribution in [0.2, 0.25) is 0 Å². The van der Waals surface area contributed by atoms with E-state index in [-0.39, 0.29) is 5.91 Å². The zero-order valence-electron chi connectivity index (χ0n) is 15.5.